The fourth-order valence-electron chi connectivity index (χ4n) is 1.71. The summed E-state index contributed by atoms with van der Waals surface area (Å²) in [6.45, 7) is 1.84. The minimum absolute atomic E-state index is 0.0295. The SMILES string of the molecule is CC(c1ccco1)N(C)C(=O)CNC(=O)c1cccs1. The summed E-state index contributed by atoms with van der Waals surface area (Å²) in [5, 5.41) is 4.44. The van der Waals surface area contributed by atoms with Crippen molar-refractivity contribution in [1.82, 2.24) is 10.2 Å². The summed E-state index contributed by atoms with van der Waals surface area (Å²) >= 11 is 1.34. The molecule has 0 bridgehead atoms. The van der Waals surface area contributed by atoms with Crippen LogP contribution in [0.4, 0.5) is 0 Å². The lowest BCUT2D eigenvalue weighted by atomic mass is 10.2. The molecule has 0 fully saturated rings. The lowest BCUT2D eigenvalue weighted by Crippen LogP contribution is -2.39. The van der Waals surface area contributed by atoms with Gasteiger partial charge in [0.1, 0.15) is 5.76 Å². The molecule has 0 aliphatic rings. The van der Waals surface area contributed by atoms with Gasteiger partial charge in [0.15, 0.2) is 0 Å². The van der Waals surface area contributed by atoms with Crippen molar-refractivity contribution in [3.63, 3.8) is 0 Å². The molecule has 2 aromatic heterocycles. The molecule has 6 heteroatoms. The smallest absolute Gasteiger partial charge is 0.261 e. The molecule has 0 aliphatic heterocycles. The third-order valence-corrected chi connectivity index (χ3v) is 3.94. The molecule has 2 heterocycles. The summed E-state index contributed by atoms with van der Waals surface area (Å²) in [6.07, 6.45) is 1.57. The second kappa shape index (κ2) is 6.38. The van der Waals surface area contributed by atoms with E-state index in [2.05, 4.69) is 5.32 Å². The standard InChI is InChI=1S/C14H16N2O3S/c1-10(11-5-3-7-19-11)16(2)13(17)9-15-14(18)12-6-4-8-20-12/h3-8,10H,9H2,1-2H3,(H,15,18). The number of hydrogen-bond acceptors (Lipinski definition) is 4. The molecule has 2 rings (SSSR count). The highest BCUT2D eigenvalue weighted by Gasteiger charge is 2.20. The zero-order chi connectivity index (χ0) is 14.5. The van der Waals surface area contributed by atoms with E-state index >= 15 is 0 Å². The quantitative estimate of drug-likeness (QED) is 0.919. The van der Waals surface area contributed by atoms with E-state index in [-0.39, 0.29) is 24.4 Å². The van der Waals surface area contributed by atoms with Crippen LogP contribution in [0.15, 0.2) is 40.3 Å². The van der Waals surface area contributed by atoms with Crippen molar-refractivity contribution in [3.8, 4) is 0 Å². The van der Waals surface area contributed by atoms with E-state index in [4.69, 9.17) is 4.42 Å². The Kier molecular flexibility index (Phi) is 4.57. The number of furan rings is 1. The van der Waals surface area contributed by atoms with Crippen LogP contribution in [0, 0.1) is 0 Å². The van der Waals surface area contributed by atoms with E-state index in [1.54, 1.807) is 36.4 Å². The first-order valence-electron chi connectivity index (χ1n) is 6.20. The highest BCUT2D eigenvalue weighted by atomic mass is 32.1. The van der Waals surface area contributed by atoms with Gasteiger partial charge >= 0.3 is 0 Å². The van der Waals surface area contributed by atoms with Crippen LogP contribution in [0.25, 0.3) is 0 Å². The summed E-state index contributed by atoms with van der Waals surface area (Å²) in [7, 11) is 1.69. The Labute approximate surface area is 121 Å². The van der Waals surface area contributed by atoms with Gasteiger partial charge in [0, 0.05) is 7.05 Å². The van der Waals surface area contributed by atoms with Gasteiger partial charge < -0.3 is 14.6 Å². The minimum Gasteiger partial charge on any atom is -0.467 e. The number of hydrogen-bond donors (Lipinski definition) is 1. The maximum atomic E-state index is 12.0. The number of nitrogens with zero attached hydrogens (tertiary/aromatic N) is 1. The molecule has 0 aromatic carbocycles. The average molecular weight is 292 g/mol. The van der Waals surface area contributed by atoms with Crippen LogP contribution in [-0.4, -0.2) is 30.3 Å². The lowest BCUT2D eigenvalue weighted by molar-refractivity contribution is -0.131. The first kappa shape index (κ1) is 14.3. The van der Waals surface area contributed by atoms with Crippen molar-refractivity contribution in [2.75, 3.05) is 13.6 Å². The predicted molar refractivity (Wildman–Crippen MR) is 76.5 cm³/mol. The second-order valence-electron chi connectivity index (χ2n) is 4.36. The van der Waals surface area contributed by atoms with Crippen LogP contribution in [0.1, 0.15) is 28.4 Å². The Balaban J connectivity index is 1.87. The second-order valence-corrected chi connectivity index (χ2v) is 5.30. The zero-order valence-electron chi connectivity index (χ0n) is 11.3. The minimum atomic E-state index is -0.229. The van der Waals surface area contributed by atoms with Gasteiger partial charge in [-0.2, -0.15) is 0 Å². The fourth-order valence-corrected chi connectivity index (χ4v) is 2.35. The number of likely N-dealkylation sites (N-methyl/N-ethyl adjacent to an activating group) is 1. The first-order chi connectivity index (χ1) is 9.59. The molecule has 20 heavy (non-hydrogen) atoms. The molecular weight excluding hydrogens is 276 g/mol. The summed E-state index contributed by atoms with van der Waals surface area (Å²) in [5.74, 6) is 0.316. The van der Waals surface area contributed by atoms with Gasteiger partial charge in [-0.05, 0) is 30.5 Å². The van der Waals surface area contributed by atoms with Crippen LogP contribution in [0.3, 0.4) is 0 Å². The van der Waals surface area contributed by atoms with E-state index < -0.39 is 0 Å². The third-order valence-electron chi connectivity index (χ3n) is 3.07. The summed E-state index contributed by atoms with van der Waals surface area (Å²) < 4.78 is 5.27. The Morgan fingerprint density at radius 3 is 2.80 bits per heavy atom. The van der Waals surface area contributed by atoms with Crippen molar-refractivity contribution in [2.24, 2.45) is 0 Å². The maximum Gasteiger partial charge on any atom is 0.261 e. The molecule has 0 saturated heterocycles. The van der Waals surface area contributed by atoms with Gasteiger partial charge in [-0.3, -0.25) is 9.59 Å². The third kappa shape index (κ3) is 3.27. The Morgan fingerprint density at radius 1 is 1.40 bits per heavy atom. The number of thiophene rings is 1. The Bertz CT molecular complexity index is 563. The Hall–Kier alpha value is -2.08. The lowest BCUT2D eigenvalue weighted by Gasteiger charge is -2.23. The molecule has 0 spiro atoms. The molecule has 0 radical (unpaired) electrons. The van der Waals surface area contributed by atoms with Gasteiger partial charge in [-0.25, -0.2) is 0 Å². The highest BCUT2D eigenvalue weighted by Crippen LogP contribution is 2.18. The molecule has 0 saturated carbocycles. The number of amides is 2. The van der Waals surface area contributed by atoms with Gasteiger partial charge in [-0.1, -0.05) is 6.07 Å². The van der Waals surface area contributed by atoms with E-state index in [0.717, 1.165) is 0 Å². The van der Waals surface area contributed by atoms with Crippen LogP contribution in [-0.2, 0) is 4.79 Å². The van der Waals surface area contributed by atoms with Crippen LogP contribution in [0.5, 0.6) is 0 Å². The molecule has 0 aliphatic carbocycles. The monoisotopic (exact) mass is 292 g/mol. The average Bonchev–Trinajstić information content (AvgIpc) is 3.14. The van der Waals surface area contributed by atoms with Crippen LogP contribution >= 0.6 is 11.3 Å². The molecule has 1 N–H and O–H groups in total. The molecule has 5 nitrogen and oxygen atoms in total. The molecule has 2 amide bonds. The molecule has 2 aromatic rings. The van der Waals surface area contributed by atoms with Crippen molar-refractivity contribution in [1.29, 1.82) is 0 Å². The molecule has 106 valence electrons. The van der Waals surface area contributed by atoms with Gasteiger partial charge in [-0.15, -0.1) is 11.3 Å². The largest absolute Gasteiger partial charge is 0.467 e. The fraction of sp³-hybridized carbons (Fsp3) is 0.286. The number of rotatable bonds is 5. The van der Waals surface area contributed by atoms with E-state index in [1.807, 2.05) is 18.4 Å². The van der Waals surface area contributed by atoms with Gasteiger partial charge in [0.25, 0.3) is 5.91 Å². The van der Waals surface area contributed by atoms with Crippen molar-refractivity contribution in [2.45, 2.75) is 13.0 Å². The number of carbonyl (C=O) groups is 2. The van der Waals surface area contributed by atoms with Gasteiger partial charge in [0.2, 0.25) is 5.91 Å². The Morgan fingerprint density at radius 2 is 2.20 bits per heavy atom. The normalized spacial score (nSPS) is 11.9. The van der Waals surface area contributed by atoms with Gasteiger partial charge in [0.05, 0.1) is 23.7 Å². The first-order valence-corrected chi connectivity index (χ1v) is 7.08. The van der Waals surface area contributed by atoms with Crippen LogP contribution in [0.2, 0.25) is 0 Å². The number of nitrogens with one attached hydrogen (secondary N) is 1. The molecule has 1 unspecified atom stereocenters. The van der Waals surface area contributed by atoms with E-state index in [0.29, 0.717) is 10.6 Å². The maximum absolute atomic E-state index is 12.0. The zero-order valence-corrected chi connectivity index (χ0v) is 12.1. The van der Waals surface area contributed by atoms with E-state index in [1.165, 1.54) is 11.3 Å². The summed E-state index contributed by atoms with van der Waals surface area (Å²) in [4.78, 5) is 25.9. The van der Waals surface area contributed by atoms with Crippen LogP contribution < -0.4 is 5.32 Å². The topological polar surface area (TPSA) is 62.6 Å². The molecular formula is C14H16N2O3S. The number of carbonyl (C=O) groups excluding carboxylic acids is 2. The molecule has 1 atom stereocenters. The highest BCUT2D eigenvalue weighted by molar-refractivity contribution is 7.12. The van der Waals surface area contributed by atoms with Crippen molar-refractivity contribution < 1.29 is 14.0 Å². The summed E-state index contributed by atoms with van der Waals surface area (Å²) in [5.41, 5.74) is 0. The van der Waals surface area contributed by atoms with Crippen molar-refractivity contribution in [3.05, 3.63) is 46.5 Å². The predicted octanol–water partition coefficient (Wildman–Crippen LogP) is 2.29. The van der Waals surface area contributed by atoms with E-state index in [9.17, 15) is 9.59 Å². The summed E-state index contributed by atoms with van der Waals surface area (Å²) in [6, 6.07) is 6.95. The van der Waals surface area contributed by atoms with Crippen molar-refractivity contribution >= 4 is 23.2 Å².